The summed E-state index contributed by atoms with van der Waals surface area (Å²) in [5.74, 6) is -2.35. The number of thioether (sulfide) groups is 1. The van der Waals surface area contributed by atoms with Crippen molar-refractivity contribution in [1.82, 2.24) is 15.8 Å². The molecule has 1 atom stereocenters. The molecule has 1 aliphatic heterocycles. The van der Waals surface area contributed by atoms with E-state index in [-0.39, 0.29) is 31.3 Å². The molecule has 0 saturated carbocycles. The van der Waals surface area contributed by atoms with Crippen LogP contribution < -0.4 is 10.7 Å². The Morgan fingerprint density at radius 3 is 2.16 bits per heavy atom. The molecule has 1 saturated heterocycles. The zero-order valence-corrected chi connectivity index (χ0v) is 20.3. The third-order valence-electron chi connectivity index (χ3n) is 4.61. The predicted octanol–water partition coefficient (Wildman–Crippen LogP) is 4.31. The van der Waals surface area contributed by atoms with Crippen molar-refractivity contribution in [3.8, 4) is 11.1 Å². The molecule has 0 radical (unpaired) electrons. The highest BCUT2D eigenvalue weighted by atomic mass is 32.2. The van der Waals surface area contributed by atoms with Gasteiger partial charge in [0.25, 0.3) is 5.91 Å². The van der Waals surface area contributed by atoms with Crippen molar-refractivity contribution < 1.29 is 50.9 Å². The van der Waals surface area contributed by atoms with Crippen LogP contribution in [0.25, 0.3) is 17.2 Å². The lowest BCUT2D eigenvalue weighted by Crippen LogP contribution is -2.54. The zero-order valence-electron chi connectivity index (χ0n) is 17.8. The van der Waals surface area contributed by atoms with Crippen LogP contribution in [0.3, 0.4) is 0 Å². The van der Waals surface area contributed by atoms with Crippen molar-refractivity contribution in [2.45, 2.75) is 18.4 Å². The second-order valence-electron chi connectivity index (χ2n) is 7.21. The minimum absolute atomic E-state index is 0.0184. The van der Waals surface area contributed by atoms with E-state index in [0.717, 1.165) is 23.1 Å². The Kier molecular flexibility index (Phi) is 8.21. The third-order valence-corrected chi connectivity index (χ3v) is 6.79. The number of halogens is 6. The molecule has 0 aliphatic carbocycles. The molecular formula is C20H13F6N3O5S3. The molecule has 0 unspecified atom stereocenters. The summed E-state index contributed by atoms with van der Waals surface area (Å²) in [6.07, 6.45) is -8.74. The van der Waals surface area contributed by atoms with Crippen LogP contribution in [0.15, 0.2) is 34.6 Å². The fourth-order valence-electron chi connectivity index (χ4n) is 2.87. The first kappa shape index (κ1) is 28.4. The average molecular weight is 586 g/mol. The summed E-state index contributed by atoms with van der Waals surface area (Å²) >= 11 is 6.68. The van der Waals surface area contributed by atoms with E-state index in [9.17, 15) is 40.7 Å². The Morgan fingerprint density at radius 1 is 1.05 bits per heavy atom. The van der Waals surface area contributed by atoms with Gasteiger partial charge in [0.2, 0.25) is 0 Å². The summed E-state index contributed by atoms with van der Waals surface area (Å²) in [6, 6.07) is -0.328. The van der Waals surface area contributed by atoms with Crippen molar-refractivity contribution in [3.63, 3.8) is 0 Å². The molecule has 3 amide bonds. The molecule has 1 fully saturated rings. The number of rotatable bonds is 6. The molecule has 37 heavy (non-hydrogen) atoms. The van der Waals surface area contributed by atoms with E-state index >= 15 is 0 Å². The van der Waals surface area contributed by atoms with Gasteiger partial charge in [-0.2, -0.15) is 31.4 Å². The summed E-state index contributed by atoms with van der Waals surface area (Å²) in [5.41, 5.74) is -1.20. The second-order valence-corrected chi connectivity index (χ2v) is 9.83. The minimum atomic E-state index is -5.01. The largest absolute Gasteiger partial charge is 0.480 e. The number of thiophene rings is 1. The van der Waals surface area contributed by atoms with Crippen LogP contribution in [0, 0.1) is 0 Å². The maximum atomic E-state index is 13.2. The molecule has 3 rings (SSSR count). The number of nitrogens with one attached hydrogen (secondary N) is 2. The zero-order chi connectivity index (χ0) is 27.7. The third kappa shape index (κ3) is 6.79. The van der Waals surface area contributed by atoms with Crippen molar-refractivity contribution in [2.24, 2.45) is 0 Å². The number of aliphatic hydroxyl groups is 1. The fraction of sp³-hybridized carbons (Fsp3) is 0.200. The highest BCUT2D eigenvalue weighted by Crippen LogP contribution is 2.40. The number of benzene rings is 1. The lowest BCUT2D eigenvalue weighted by Gasteiger charge is -2.18. The monoisotopic (exact) mass is 585 g/mol. The van der Waals surface area contributed by atoms with Crippen LogP contribution in [-0.2, 0) is 21.9 Å². The predicted molar refractivity (Wildman–Crippen MR) is 125 cm³/mol. The molecule has 4 N–H and O–H groups in total. The van der Waals surface area contributed by atoms with Crippen LogP contribution in [0.4, 0.5) is 31.1 Å². The van der Waals surface area contributed by atoms with Crippen molar-refractivity contribution in [2.75, 3.05) is 6.61 Å². The summed E-state index contributed by atoms with van der Waals surface area (Å²) in [7, 11) is 0. The van der Waals surface area contributed by atoms with Crippen LogP contribution in [-0.4, -0.2) is 50.1 Å². The Labute approximate surface area is 216 Å². The summed E-state index contributed by atoms with van der Waals surface area (Å²) in [5, 5.41) is 21.7. The number of aliphatic hydroxyl groups excluding tert-OH is 1. The number of carboxylic acid groups (broad SMARTS) is 1. The minimum Gasteiger partial charge on any atom is -0.480 e. The highest BCUT2D eigenvalue weighted by molar-refractivity contribution is 8.26. The van der Waals surface area contributed by atoms with Gasteiger partial charge in [-0.3, -0.25) is 4.79 Å². The van der Waals surface area contributed by atoms with Gasteiger partial charge in [-0.25, -0.2) is 15.0 Å². The van der Waals surface area contributed by atoms with Crippen LogP contribution in [0.2, 0.25) is 0 Å². The fourth-order valence-corrected chi connectivity index (χ4v) is 4.97. The van der Waals surface area contributed by atoms with Gasteiger partial charge in [0.15, 0.2) is 10.4 Å². The van der Waals surface area contributed by atoms with Gasteiger partial charge < -0.3 is 15.5 Å². The molecule has 1 aromatic heterocycles. The number of alkyl halides is 6. The van der Waals surface area contributed by atoms with E-state index in [1.54, 1.807) is 0 Å². The molecule has 2 heterocycles. The quantitative estimate of drug-likeness (QED) is 0.227. The normalized spacial score (nSPS) is 16.3. The first-order valence-electron chi connectivity index (χ1n) is 9.67. The van der Waals surface area contributed by atoms with E-state index in [1.807, 2.05) is 10.7 Å². The van der Waals surface area contributed by atoms with Gasteiger partial charge in [0.1, 0.15) is 0 Å². The number of urea groups is 1. The number of thiocarbonyl (C=S) groups is 1. The molecular weight excluding hydrogens is 572 g/mol. The first-order chi connectivity index (χ1) is 17.1. The first-order valence-corrected chi connectivity index (χ1v) is 11.8. The molecule has 0 spiro atoms. The Balaban J connectivity index is 1.83. The van der Waals surface area contributed by atoms with Gasteiger partial charge >= 0.3 is 24.4 Å². The lowest BCUT2D eigenvalue weighted by atomic mass is 10.0. The van der Waals surface area contributed by atoms with E-state index in [2.05, 4.69) is 0 Å². The number of nitrogens with zero attached hydrogens (tertiary/aromatic N) is 1. The molecule has 17 heteroatoms. The highest BCUT2D eigenvalue weighted by Gasteiger charge is 2.37. The van der Waals surface area contributed by atoms with Gasteiger partial charge in [0, 0.05) is 4.88 Å². The lowest BCUT2D eigenvalue weighted by molar-refractivity contribution is -0.143. The van der Waals surface area contributed by atoms with Gasteiger partial charge in [-0.15, -0.1) is 11.3 Å². The molecule has 0 bridgehead atoms. The van der Waals surface area contributed by atoms with Crippen LogP contribution >= 0.6 is 35.3 Å². The summed E-state index contributed by atoms with van der Waals surface area (Å²) in [6.45, 7) is -0.919. The van der Waals surface area contributed by atoms with Crippen molar-refractivity contribution >= 4 is 63.6 Å². The van der Waals surface area contributed by atoms with E-state index in [0.29, 0.717) is 17.1 Å². The van der Waals surface area contributed by atoms with Crippen LogP contribution in [0.5, 0.6) is 0 Å². The molecule has 8 nitrogen and oxygen atoms in total. The van der Waals surface area contributed by atoms with Gasteiger partial charge in [0.05, 0.1) is 22.6 Å². The molecule has 198 valence electrons. The Bertz CT molecular complexity index is 1260. The summed E-state index contributed by atoms with van der Waals surface area (Å²) in [4.78, 5) is 35.7. The maximum absolute atomic E-state index is 13.2. The van der Waals surface area contributed by atoms with Gasteiger partial charge in [-0.1, -0.05) is 11.8 Å². The summed E-state index contributed by atoms with van der Waals surface area (Å²) < 4.78 is 78.8. The number of carbonyl (C=O) groups excluding carboxylic acids is 2. The molecule has 2 aromatic rings. The average Bonchev–Trinajstić information content (AvgIpc) is 3.36. The van der Waals surface area contributed by atoms with Crippen molar-refractivity contribution in [1.29, 1.82) is 0 Å². The Hall–Kier alpha value is -3.15. The van der Waals surface area contributed by atoms with E-state index in [1.165, 1.54) is 17.5 Å². The number of hydrogen-bond donors (Lipinski definition) is 4. The van der Waals surface area contributed by atoms with E-state index in [4.69, 9.17) is 22.4 Å². The SMILES string of the molecule is O=C(N[C@@H](CO)C(=O)O)NN1C(=O)C(=Cc2cc(-c3cc(C(F)(F)F)cc(C(F)(F)F)c3)cs2)SC1=S. The molecule has 1 aliphatic rings. The molecule has 1 aromatic carbocycles. The number of amides is 3. The van der Waals surface area contributed by atoms with Gasteiger partial charge in [-0.05, 0) is 59.1 Å². The maximum Gasteiger partial charge on any atom is 0.416 e. The van der Waals surface area contributed by atoms with Crippen molar-refractivity contribution in [3.05, 3.63) is 50.6 Å². The Morgan fingerprint density at radius 2 is 1.65 bits per heavy atom. The number of hydrazine groups is 1. The topological polar surface area (TPSA) is 119 Å². The number of carboxylic acids is 1. The number of aliphatic carboxylic acids is 1. The number of hydrogen-bond acceptors (Lipinski definition) is 7. The smallest absolute Gasteiger partial charge is 0.416 e. The van der Waals surface area contributed by atoms with E-state index < -0.39 is 54.0 Å². The second kappa shape index (κ2) is 10.7. The number of carbonyl (C=O) groups is 3. The van der Waals surface area contributed by atoms with Crippen LogP contribution in [0.1, 0.15) is 16.0 Å². The standard InChI is InChI=1S/C20H13F6N3O5S3/c21-19(22,23)10-1-8(2-11(4-10)20(24,25)26)9-3-12(36-7-9)5-14-15(31)29(18(35)37-14)28-17(34)27-13(6-30)16(32)33/h1-5,7,13,30H,6H2,(H,32,33)(H2,27,28,34)/t13-/m0/s1.